The second-order valence-corrected chi connectivity index (χ2v) is 12.3. The summed E-state index contributed by atoms with van der Waals surface area (Å²) in [6.07, 6.45) is -0.205. The molecule has 2 aromatic rings. The quantitative estimate of drug-likeness (QED) is 0.273. The number of halogens is 3. The van der Waals surface area contributed by atoms with Crippen LogP contribution in [0, 0.1) is 5.92 Å². The van der Waals surface area contributed by atoms with Gasteiger partial charge < -0.3 is 10.1 Å². The van der Waals surface area contributed by atoms with Crippen LogP contribution in [0.4, 0.5) is 24.8 Å². The molecule has 2 N–H and O–H groups in total. The highest BCUT2D eigenvalue weighted by molar-refractivity contribution is 7.88. The minimum atomic E-state index is -4.69. The molecule has 230 valence electrons. The zero-order chi connectivity index (χ0) is 29.7. The van der Waals surface area contributed by atoms with Crippen molar-refractivity contribution in [2.24, 2.45) is 5.92 Å². The Balaban J connectivity index is 0.00000588. The van der Waals surface area contributed by atoms with Crippen LogP contribution in [-0.2, 0) is 22.6 Å². The highest BCUT2D eigenvalue weighted by atomic mass is 32.2. The maximum absolute atomic E-state index is 13.9. The van der Waals surface area contributed by atoms with E-state index in [1.54, 1.807) is 12.1 Å². The van der Waals surface area contributed by atoms with Gasteiger partial charge in [0.25, 0.3) is 0 Å². The monoisotopic (exact) mass is 602 g/mol. The van der Waals surface area contributed by atoms with Gasteiger partial charge in [0.05, 0.1) is 36.9 Å². The Hall–Kier alpha value is -2.81. The third-order valence-electron chi connectivity index (χ3n) is 6.97. The molecule has 1 saturated carbocycles. The molecule has 3 rings (SSSR count). The summed E-state index contributed by atoms with van der Waals surface area (Å²) in [5.41, 5.74) is -0.496. The SMILES string of the molecule is C.COc1ccc(C(=O)CNCN(C)C)cc1Nc1ncc(C(F)(F)F)c(C[C@@H]2CCCC[C@H]2N(C)S(C)(=O)=O)n1. The lowest BCUT2D eigenvalue weighted by Gasteiger charge is -2.37. The van der Waals surface area contributed by atoms with E-state index in [2.05, 4.69) is 20.6 Å². The van der Waals surface area contributed by atoms with Crippen molar-refractivity contribution in [3.05, 3.63) is 41.2 Å². The maximum atomic E-state index is 13.9. The molecule has 1 heterocycles. The van der Waals surface area contributed by atoms with Crippen molar-refractivity contribution in [2.45, 2.75) is 51.7 Å². The fourth-order valence-corrected chi connectivity index (χ4v) is 5.63. The Morgan fingerprint density at radius 2 is 1.85 bits per heavy atom. The number of nitrogens with zero attached hydrogens (tertiary/aromatic N) is 4. The highest BCUT2D eigenvalue weighted by Gasteiger charge is 2.38. The van der Waals surface area contributed by atoms with Crippen molar-refractivity contribution >= 4 is 27.4 Å². The highest BCUT2D eigenvalue weighted by Crippen LogP contribution is 2.37. The number of methoxy groups -OCH3 is 1. The number of sulfonamides is 1. The van der Waals surface area contributed by atoms with Crippen LogP contribution in [0.2, 0.25) is 0 Å². The lowest BCUT2D eigenvalue weighted by molar-refractivity contribution is -0.138. The zero-order valence-corrected chi connectivity index (χ0v) is 24.2. The van der Waals surface area contributed by atoms with Gasteiger partial charge in [-0.3, -0.25) is 15.0 Å². The summed E-state index contributed by atoms with van der Waals surface area (Å²) in [7, 11) is 3.10. The molecule has 41 heavy (non-hydrogen) atoms. The van der Waals surface area contributed by atoms with Gasteiger partial charge in [0.1, 0.15) is 5.75 Å². The second kappa shape index (κ2) is 14.4. The largest absolute Gasteiger partial charge is 0.495 e. The number of hydrogen-bond donors (Lipinski definition) is 2. The van der Waals surface area contributed by atoms with Crippen molar-refractivity contribution < 1.29 is 31.1 Å². The number of ketones is 1. The van der Waals surface area contributed by atoms with Crippen LogP contribution in [0.25, 0.3) is 0 Å². The van der Waals surface area contributed by atoms with Gasteiger partial charge >= 0.3 is 6.18 Å². The average molecular weight is 603 g/mol. The smallest absolute Gasteiger partial charge is 0.419 e. The number of carbonyl (C=O) groups is 1. The molecule has 0 unspecified atom stereocenters. The van der Waals surface area contributed by atoms with Crippen molar-refractivity contribution in [1.82, 2.24) is 24.5 Å². The lowest BCUT2D eigenvalue weighted by atomic mass is 9.81. The molecule has 1 fully saturated rings. The molecule has 0 spiro atoms. The van der Waals surface area contributed by atoms with Crippen LogP contribution >= 0.6 is 0 Å². The van der Waals surface area contributed by atoms with Crippen LogP contribution in [0.1, 0.15) is 54.7 Å². The Kier molecular flexibility index (Phi) is 12.1. The van der Waals surface area contributed by atoms with E-state index < -0.39 is 27.8 Å². The van der Waals surface area contributed by atoms with E-state index in [0.717, 1.165) is 25.3 Å². The molecule has 0 radical (unpaired) electrons. The van der Waals surface area contributed by atoms with Gasteiger partial charge in [-0.05, 0) is 57.5 Å². The number of Topliss-reactive ketones (excluding diaryl/α,β-unsaturated/α-hetero) is 1. The Morgan fingerprint density at radius 1 is 1.17 bits per heavy atom. The first-order valence-corrected chi connectivity index (χ1v) is 14.7. The van der Waals surface area contributed by atoms with Gasteiger partial charge in [0.2, 0.25) is 16.0 Å². The predicted molar refractivity (Wildman–Crippen MR) is 153 cm³/mol. The van der Waals surface area contributed by atoms with E-state index in [9.17, 15) is 26.4 Å². The maximum Gasteiger partial charge on any atom is 0.419 e. The second-order valence-electron chi connectivity index (χ2n) is 10.3. The van der Waals surface area contributed by atoms with E-state index >= 15 is 0 Å². The summed E-state index contributed by atoms with van der Waals surface area (Å²) in [6, 6.07) is 4.29. The number of alkyl halides is 3. The summed E-state index contributed by atoms with van der Waals surface area (Å²) in [4.78, 5) is 22.7. The number of benzene rings is 1. The molecule has 2 atom stereocenters. The van der Waals surface area contributed by atoms with Crippen molar-refractivity contribution in [1.29, 1.82) is 0 Å². The van der Waals surface area contributed by atoms with Gasteiger partial charge in [-0.15, -0.1) is 0 Å². The summed E-state index contributed by atoms with van der Waals surface area (Å²) in [5, 5.41) is 5.93. The molecule has 0 aliphatic heterocycles. The van der Waals surface area contributed by atoms with Crippen molar-refractivity contribution in [2.75, 3.05) is 53.0 Å². The first-order valence-electron chi connectivity index (χ1n) is 12.9. The zero-order valence-electron chi connectivity index (χ0n) is 23.4. The summed E-state index contributed by atoms with van der Waals surface area (Å²) in [5.74, 6) is -0.271. The molecule has 1 aromatic carbocycles. The van der Waals surface area contributed by atoms with Crippen LogP contribution in [-0.4, -0.2) is 87.1 Å². The predicted octanol–water partition coefficient (Wildman–Crippen LogP) is 4.17. The molecule has 14 heteroatoms. The van der Waals surface area contributed by atoms with Crippen molar-refractivity contribution in [3.8, 4) is 5.75 Å². The van der Waals surface area contributed by atoms with E-state index in [4.69, 9.17) is 4.74 Å². The fourth-order valence-electron chi connectivity index (χ4n) is 4.86. The van der Waals surface area contributed by atoms with E-state index in [1.807, 2.05) is 19.0 Å². The van der Waals surface area contributed by atoms with Gasteiger partial charge in [0, 0.05) is 31.5 Å². The first-order chi connectivity index (χ1) is 18.7. The normalized spacial score (nSPS) is 17.8. The molecule has 1 aromatic heterocycles. The Bertz CT molecular complexity index is 1290. The molecule has 1 aliphatic carbocycles. The lowest BCUT2D eigenvalue weighted by Crippen LogP contribution is -2.44. The Morgan fingerprint density at radius 3 is 2.46 bits per heavy atom. The van der Waals surface area contributed by atoms with E-state index in [1.165, 1.54) is 24.5 Å². The molecule has 1 aliphatic rings. The van der Waals surface area contributed by atoms with Crippen LogP contribution in [0.5, 0.6) is 5.75 Å². The number of nitrogens with one attached hydrogen (secondary N) is 2. The Labute approximate surface area is 240 Å². The van der Waals surface area contributed by atoms with E-state index in [0.29, 0.717) is 36.5 Å². The van der Waals surface area contributed by atoms with Crippen LogP contribution in [0.3, 0.4) is 0 Å². The number of rotatable bonds is 12. The number of anilines is 2. The van der Waals surface area contributed by atoms with Gasteiger partial charge in [-0.2, -0.15) is 13.2 Å². The van der Waals surface area contributed by atoms with E-state index in [-0.39, 0.29) is 43.7 Å². The summed E-state index contributed by atoms with van der Waals surface area (Å²) in [6.45, 7) is 0.604. The number of hydrogen-bond acceptors (Lipinski definition) is 9. The third kappa shape index (κ3) is 9.35. The van der Waals surface area contributed by atoms with Gasteiger partial charge in [-0.25, -0.2) is 22.7 Å². The topological polar surface area (TPSA) is 117 Å². The van der Waals surface area contributed by atoms with Crippen LogP contribution < -0.4 is 15.4 Å². The average Bonchev–Trinajstić information content (AvgIpc) is 2.87. The first kappa shape index (κ1) is 34.4. The molecule has 10 nitrogen and oxygen atoms in total. The number of carbonyl (C=O) groups excluding carboxylic acids is 1. The molecule has 0 amide bonds. The van der Waals surface area contributed by atoms with Crippen molar-refractivity contribution in [3.63, 3.8) is 0 Å². The number of ether oxygens (including phenoxy) is 1. The molecular formula is C27H41F3N6O4S. The van der Waals surface area contributed by atoms with Crippen LogP contribution in [0.15, 0.2) is 24.4 Å². The van der Waals surface area contributed by atoms with Gasteiger partial charge in [0.15, 0.2) is 5.78 Å². The summed E-state index contributed by atoms with van der Waals surface area (Å²) < 4.78 is 72.9. The van der Waals surface area contributed by atoms with Gasteiger partial charge in [-0.1, -0.05) is 20.3 Å². The fraction of sp³-hybridized carbons (Fsp3) is 0.593. The molecule has 0 bridgehead atoms. The third-order valence-corrected chi connectivity index (χ3v) is 8.29. The minimum absolute atomic E-state index is 0. The molecular weight excluding hydrogens is 561 g/mol. The summed E-state index contributed by atoms with van der Waals surface area (Å²) >= 11 is 0. The number of aromatic nitrogens is 2. The molecule has 0 saturated heterocycles. The minimum Gasteiger partial charge on any atom is -0.495 e. The standard InChI is InChI=1S/C26H37F3N6O4S.CH4/c1-34(2)16-30-15-23(36)18-10-11-24(39-4)21(13-18)33-25-31-14-19(26(27,28)29)20(32-25)12-17-8-6-7-9-22(17)35(3)40(5,37)38;/h10-11,13-14,17,22,30H,6-9,12,15-16H2,1-5H3,(H,31,32,33);1H4/t17-,22+;/m0./s1.